The van der Waals surface area contributed by atoms with Gasteiger partial charge in [0, 0.05) is 15.3 Å². The van der Waals surface area contributed by atoms with Crippen molar-refractivity contribution in [3.8, 4) is 0 Å². The maximum Gasteiger partial charge on any atom is 0.107 e. The van der Waals surface area contributed by atoms with Crippen LogP contribution in [-0.2, 0) is 4.74 Å². The van der Waals surface area contributed by atoms with Crippen LogP contribution >= 0.6 is 50.5 Å². The van der Waals surface area contributed by atoms with Crippen LogP contribution in [0.25, 0.3) is 0 Å². The number of hydrogen-bond donors (Lipinski definition) is 0. The average molecular weight is 358 g/mol. The van der Waals surface area contributed by atoms with E-state index < -0.39 is 0 Å². The topological polar surface area (TPSA) is 9.23 Å². The number of rotatable bonds is 2. The second-order valence-electron chi connectivity index (χ2n) is 4.65. The Balaban J connectivity index is 2.22. The van der Waals surface area contributed by atoms with Crippen molar-refractivity contribution in [3.05, 3.63) is 19.8 Å². The molecule has 0 aromatic carbocycles. The third kappa shape index (κ3) is 2.69. The average Bonchev–Trinajstić information content (AvgIpc) is 2.70. The summed E-state index contributed by atoms with van der Waals surface area (Å²) in [4.78, 5) is 1.12. The molecule has 96 valence electrons. The molecule has 5 heteroatoms. The molecule has 1 nitrogen and oxygen atoms in total. The van der Waals surface area contributed by atoms with Crippen molar-refractivity contribution in [2.75, 3.05) is 0 Å². The highest BCUT2D eigenvalue weighted by atomic mass is 79.9. The van der Waals surface area contributed by atoms with Crippen molar-refractivity contribution in [1.82, 2.24) is 0 Å². The Kier molecular flexibility index (Phi) is 4.47. The molecular formula is C12H15BrCl2OS. The molecule has 0 aliphatic carbocycles. The third-order valence-corrected chi connectivity index (χ3v) is 6.81. The monoisotopic (exact) mass is 356 g/mol. The number of halogens is 3. The first-order valence-corrected chi connectivity index (χ1v) is 8.08. The zero-order valence-corrected chi connectivity index (χ0v) is 13.8. The molecule has 0 amide bonds. The molecule has 0 bridgehead atoms. The predicted molar refractivity (Wildman–Crippen MR) is 78.3 cm³/mol. The molecule has 0 N–H and O–H groups in total. The van der Waals surface area contributed by atoms with Crippen LogP contribution in [0.1, 0.15) is 31.0 Å². The van der Waals surface area contributed by atoms with Crippen molar-refractivity contribution in [2.24, 2.45) is 11.8 Å². The van der Waals surface area contributed by atoms with Gasteiger partial charge in [0.25, 0.3) is 0 Å². The van der Waals surface area contributed by atoms with E-state index in [1.165, 1.54) is 0 Å². The predicted octanol–water partition coefficient (Wildman–Crippen LogP) is 5.50. The van der Waals surface area contributed by atoms with E-state index in [4.69, 9.17) is 27.9 Å². The first-order chi connectivity index (χ1) is 7.91. The van der Waals surface area contributed by atoms with Gasteiger partial charge in [0.05, 0.1) is 17.6 Å². The first kappa shape index (κ1) is 14.1. The van der Waals surface area contributed by atoms with Gasteiger partial charge in [0.2, 0.25) is 0 Å². The fourth-order valence-electron chi connectivity index (χ4n) is 2.49. The molecule has 17 heavy (non-hydrogen) atoms. The fourth-order valence-corrected chi connectivity index (χ4v) is 4.89. The Hall–Kier alpha value is 0.720. The normalized spacial score (nSPS) is 35.2. The Bertz CT molecular complexity index is 390. The minimum Gasteiger partial charge on any atom is -0.375 e. The van der Waals surface area contributed by atoms with Gasteiger partial charge in [-0.05, 0) is 41.8 Å². The Morgan fingerprint density at radius 1 is 1.35 bits per heavy atom. The molecule has 1 aromatic heterocycles. The van der Waals surface area contributed by atoms with E-state index in [0.29, 0.717) is 11.8 Å². The highest BCUT2D eigenvalue weighted by molar-refractivity contribution is 9.10. The van der Waals surface area contributed by atoms with Crippen molar-refractivity contribution in [2.45, 2.75) is 38.4 Å². The SMILES string of the molecule is CC1OC(C)C(C(Cl)c2cc(Br)c(Cl)s2)C1C. The van der Waals surface area contributed by atoms with Crippen molar-refractivity contribution in [3.63, 3.8) is 0 Å². The van der Waals surface area contributed by atoms with Crippen LogP contribution in [0.5, 0.6) is 0 Å². The van der Waals surface area contributed by atoms with E-state index in [1.54, 1.807) is 11.3 Å². The lowest BCUT2D eigenvalue weighted by Crippen LogP contribution is -2.21. The molecule has 5 unspecified atom stereocenters. The van der Waals surface area contributed by atoms with Crippen LogP contribution in [0.4, 0.5) is 0 Å². The smallest absolute Gasteiger partial charge is 0.107 e. The molecular weight excluding hydrogens is 343 g/mol. The fraction of sp³-hybridized carbons (Fsp3) is 0.667. The lowest BCUT2D eigenvalue weighted by molar-refractivity contribution is 0.0508. The van der Waals surface area contributed by atoms with Crippen molar-refractivity contribution < 1.29 is 4.74 Å². The van der Waals surface area contributed by atoms with E-state index in [1.807, 2.05) is 6.07 Å². The van der Waals surface area contributed by atoms with E-state index in [0.717, 1.165) is 13.7 Å². The van der Waals surface area contributed by atoms with Gasteiger partial charge in [-0.3, -0.25) is 0 Å². The van der Waals surface area contributed by atoms with Gasteiger partial charge in [-0.2, -0.15) is 0 Å². The molecule has 5 atom stereocenters. The molecule has 2 rings (SSSR count). The Labute approximate surface area is 125 Å². The highest BCUT2D eigenvalue weighted by Crippen LogP contribution is 2.47. The van der Waals surface area contributed by atoms with Crippen molar-refractivity contribution >= 4 is 50.5 Å². The zero-order chi connectivity index (χ0) is 12.7. The summed E-state index contributed by atoms with van der Waals surface area (Å²) in [6.07, 6.45) is 0.470. The summed E-state index contributed by atoms with van der Waals surface area (Å²) in [7, 11) is 0. The van der Waals surface area contributed by atoms with Gasteiger partial charge < -0.3 is 4.74 Å². The van der Waals surface area contributed by atoms with Crippen molar-refractivity contribution in [1.29, 1.82) is 0 Å². The lowest BCUT2D eigenvalue weighted by Gasteiger charge is -2.23. The van der Waals surface area contributed by atoms with Crippen LogP contribution < -0.4 is 0 Å². The second-order valence-corrected chi connectivity index (χ2v) is 7.67. The summed E-state index contributed by atoms with van der Waals surface area (Å²) < 4.78 is 7.53. The summed E-state index contributed by atoms with van der Waals surface area (Å²) >= 11 is 17.6. The van der Waals surface area contributed by atoms with Crippen LogP contribution in [0.2, 0.25) is 4.34 Å². The number of ether oxygens (including phenoxy) is 1. The van der Waals surface area contributed by atoms with Crippen LogP contribution in [0.3, 0.4) is 0 Å². The molecule has 0 spiro atoms. The molecule has 1 aromatic rings. The van der Waals surface area contributed by atoms with Crippen LogP contribution in [0, 0.1) is 11.8 Å². The standard InChI is InChI=1S/C12H15BrCl2OS/c1-5-6(2)16-7(3)10(5)11(14)9-4-8(13)12(15)17-9/h4-7,10-11H,1-3H3. The molecule has 1 aliphatic heterocycles. The molecule has 0 saturated carbocycles. The second kappa shape index (κ2) is 5.38. The van der Waals surface area contributed by atoms with Crippen LogP contribution in [0.15, 0.2) is 10.5 Å². The minimum absolute atomic E-state index is 0.0289. The minimum atomic E-state index is -0.0289. The third-order valence-electron chi connectivity index (χ3n) is 3.59. The molecule has 1 saturated heterocycles. The van der Waals surface area contributed by atoms with E-state index in [9.17, 15) is 0 Å². The Morgan fingerprint density at radius 3 is 2.41 bits per heavy atom. The number of alkyl halides is 1. The summed E-state index contributed by atoms with van der Waals surface area (Å²) in [5, 5.41) is -0.0289. The summed E-state index contributed by atoms with van der Waals surface area (Å²) in [6.45, 7) is 6.42. The van der Waals surface area contributed by atoms with Crippen LogP contribution in [-0.4, -0.2) is 12.2 Å². The van der Waals surface area contributed by atoms with Gasteiger partial charge in [-0.15, -0.1) is 22.9 Å². The molecule has 1 aliphatic rings. The van der Waals surface area contributed by atoms with E-state index in [2.05, 4.69) is 36.7 Å². The number of thiophene rings is 1. The molecule has 0 radical (unpaired) electrons. The summed E-state index contributed by atoms with van der Waals surface area (Å²) in [6, 6.07) is 2.02. The van der Waals surface area contributed by atoms with E-state index in [-0.39, 0.29) is 17.6 Å². The summed E-state index contributed by atoms with van der Waals surface area (Å²) in [5.74, 6) is 0.806. The van der Waals surface area contributed by atoms with Gasteiger partial charge in [-0.1, -0.05) is 18.5 Å². The van der Waals surface area contributed by atoms with Gasteiger partial charge >= 0.3 is 0 Å². The van der Waals surface area contributed by atoms with E-state index >= 15 is 0 Å². The quantitative estimate of drug-likeness (QED) is 0.634. The molecule has 2 heterocycles. The maximum absolute atomic E-state index is 6.60. The first-order valence-electron chi connectivity index (χ1n) is 5.66. The van der Waals surface area contributed by atoms with Gasteiger partial charge in [0.15, 0.2) is 0 Å². The zero-order valence-electron chi connectivity index (χ0n) is 9.91. The molecule has 1 fully saturated rings. The lowest BCUT2D eigenvalue weighted by atomic mass is 9.86. The number of hydrogen-bond acceptors (Lipinski definition) is 2. The maximum atomic E-state index is 6.60. The highest BCUT2D eigenvalue weighted by Gasteiger charge is 2.42. The van der Waals surface area contributed by atoms with Gasteiger partial charge in [0.1, 0.15) is 4.34 Å². The largest absolute Gasteiger partial charge is 0.375 e. The Morgan fingerprint density at radius 2 is 2.00 bits per heavy atom. The summed E-state index contributed by atoms with van der Waals surface area (Å²) in [5.41, 5.74) is 0. The van der Waals surface area contributed by atoms with Gasteiger partial charge in [-0.25, -0.2) is 0 Å².